The van der Waals surface area contributed by atoms with Crippen LogP contribution in [0.15, 0.2) is 0 Å². The number of aliphatic carboxylic acids is 2. The fraction of sp³-hybridized carbons (Fsp3) is 0.778. The number of hydrogen-bond donors (Lipinski definition) is 4. The molecule has 1 aliphatic carbocycles. The van der Waals surface area contributed by atoms with Crippen molar-refractivity contribution in [2.75, 3.05) is 6.54 Å². The molecule has 0 radical (unpaired) electrons. The number of rotatable bonds is 3. The highest BCUT2D eigenvalue weighted by Gasteiger charge is 2.59. The van der Waals surface area contributed by atoms with Gasteiger partial charge in [-0.25, -0.2) is 0 Å². The Labute approximate surface area is 87.2 Å². The molecule has 1 saturated carbocycles. The van der Waals surface area contributed by atoms with Crippen LogP contribution in [0.4, 0.5) is 0 Å². The summed E-state index contributed by atoms with van der Waals surface area (Å²) in [4.78, 5) is 22.3. The molecule has 1 rings (SSSR count). The molecule has 86 valence electrons. The number of carbonyl (C=O) groups is 2. The van der Waals surface area contributed by atoms with Crippen molar-refractivity contribution >= 4 is 11.9 Å². The summed E-state index contributed by atoms with van der Waals surface area (Å²) < 4.78 is 0. The summed E-state index contributed by atoms with van der Waals surface area (Å²) in [6.45, 7) is -0.245. The van der Waals surface area contributed by atoms with Gasteiger partial charge < -0.3 is 21.7 Å². The number of hydrogen-bond acceptors (Lipinski definition) is 4. The molecule has 0 amide bonds. The molecule has 6 nitrogen and oxygen atoms in total. The third kappa shape index (κ3) is 1.49. The number of nitrogens with two attached hydrogens (primary N) is 2. The van der Waals surface area contributed by atoms with Crippen LogP contribution in [0.1, 0.15) is 25.7 Å². The van der Waals surface area contributed by atoms with Gasteiger partial charge in [0.05, 0.1) is 0 Å². The molecule has 6 N–H and O–H groups in total. The Balaban J connectivity index is 3.20. The molecule has 2 unspecified atom stereocenters. The van der Waals surface area contributed by atoms with Gasteiger partial charge in [-0.1, -0.05) is 12.8 Å². The fourth-order valence-electron chi connectivity index (χ4n) is 2.27. The van der Waals surface area contributed by atoms with Gasteiger partial charge in [0.2, 0.25) is 0 Å². The predicted molar refractivity (Wildman–Crippen MR) is 52.1 cm³/mol. The van der Waals surface area contributed by atoms with E-state index in [-0.39, 0.29) is 19.4 Å². The second kappa shape index (κ2) is 3.79. The first-order valence-corrected chi connectivity index (χ1v) is 4.86. The summed E-state index contributed by atoms with van der Waals surface area (Å²) in [6, 6.07) is 0. The molecule has 6 heteroatoms. The zero-order valence-corrected chi connectivity index (χ0v) is 8.40. The minimum atomic E-state index is -1.74. The summed E-state index contributed by atoms with van der Waals surface area (Å²) in [5, 5.41) is 18.2. The molecule has 0 aromatic carbocycles. The first-order valence-electron chi connectivity index (χ1n) is 4.86. The first-order chi connectivity index (χ1) is 6.90. The maximum atomic E-state index is 11.2. The third-order valence-electron chi connectivity index (χ3n) is 3.42. The van der Waals surface area contributed by atoms with E-state index in [1.54, 1.807) is 0 Å². The Kier molecular flexibility index (Phi) is 3.01. The Morgan fingerprint density at radius 1 is 1.13 bits per heavy atom. The van der Waals surface area contributed by atoms with Crippen molar-refractivity contribution < 1.29 is 19.8 Å². The lowest BCUT2D eigenvalue weighted by Crippen LogP contribution is -2.68. The molecule has 0 aliphatic heterocycles. The summed E-state index contributed by atoms with van der Waals surface area (Å²) >= 11 is 0. The van der Waals surface area contributed by atoms with Crippen LogP contribution in [0, 0.1) is 5.41 Å². The standard InChI is InChI=1S/C9H16N2O4/c10-5-8(6(12)13)3-1-2-4-9(8,11)7(14)15/h1-5,10-11H2,(H,12,13)(H,14,15). The van der Waals surface area contributed by atoms with Gasteiger partial charge in [-0.05, 0) is 12.8 Å². The van der Waals surface area contributed by atoms with Crippen molar-refractivity contribution in [3.63, 3.8) is 0 Å². The van der Waals surface area contributed by atoms with Crippen molar-refractivity contribution in [1.82, 2.24) is 0 Å². The Hall–Kier alpha value is -1.14. The lowest BCUT2D eigenvalue weighted by molar-refractivity contribution is -0.167. The molecule has 2 atom stereocenters. The zero-order chi connectivity index (χ0) is 11.7. The van der Waals surface area contributed by atoms with Gasteiger partial charge in [0.15, 0.2) is 0 Å². The maximum absolute atomic E-state index is 11.2. The smallest absolute Gasteiger partial charge is 0.324 e. The minimum Gasteiger partial charge on any atom is -0.481 e. The molecule has 0 aromatic heterocycles. The average molecular weight is 216 g/mol. The van der Waals surface area contributed by atoms with E-state index in [1.165, 1.54) is 0 Å². The number of carboxylic acids is 2. The molecule has 0 saturated heterocycles. The van der Waals surface area contributed by atoms with Crippen LogP contribution in [0.3, 0.4) is 0 Å². The molecule has 1 fully saturated rings. The van der Waals surface area contributed by atoms with Gasteiger partial charge in [-0.3, -0.25) is 9.59 Å². The molecule has 15 heavy (non-hydrogen) atoms. The quantitative estimate of drug-likeness (QED) is 0.497. The predicted octanol–water partition coefficient (Wildman–Crippen LogP) is -0.628. The molecular weight excluding hydrogens is 200 g/mol. The van der Waals surface area contributed by atoms with Crippen molar-refractivity contribution in [2.24, 2.45) is 16.9 Å². The van der Waals surface area contributed by atoms with E-state index in [9.17, 15) is 9.59 Å². The van der Waals surface area contributed by atoms with E-state index < -0.39 is 22.9 Å². The molecule has 0 aromatic rings. The van der Waals surface area contributed by atoms with E-state index >= 15 is 0 Å². The van der Waals surface area contributed by atoms with Crippen LogP contribution < -0.4 is 11.5 Å². The van der Waals surface area contributed by atoms with Gasteiger partial charge in [0.1, 0.15) is 11.0 Å². The minimum absolute atomic E-state index is 0.159. The van der Waals surface area contributed by atoms with Crippen LogP contribution in [-0.4, -0.2) is 34.2 Å². The Morgan fingerprint density at radius 2 is 1.67 bits per heavy atom. The highest BCUT2D eigenvalue weighted by molar-refractivity contribution is 5.90. The lowest BCUT2D eigenvalue weighted by atomic mass is 9.61. The van der Waals surface area contributed by atoms with Gasteiger partial charge in [0.25, 0.3) is 0 Å². The Bertz CT molecular complexity index is 294. The fourth-order valence-corrected chi connectivity index (χ4v) is 2.27. The van der Waals surface area contributed by atoms with Crippen LogP contribution in [0.2, 0.25) is 0 Å². The summed E-state index contributed by atoms with van der Waals surface area (Å²) in [5.74, 6) is -2.50. The van der Waals surface area contributed by atoms with E-state index in [0.29, 0.717) is 12.8 Å². The van der Waals surface area contributed by atoms with Crippen molar-refractivity contribution in [3.8, 4) is 0 Å². The molecular formula is C9H16N2O4. The van der Waals surface area contributed by atoms with Gasteiger partial charge in [0, 0.05) is 6.54 Å². The second-order valence-electron chi connectivity index (χ2n) is 4.07. The Morgan fingerprint density at radius 3 is 2.00 bits per heavy atom. The van der Waals surface area contributed by atoms with Gasteiger partial charge >= 0.3 is 11.9 Å². The highest BCUT2D eigenvalue weighted by atomic mass is 16.4. The van der Waals surface area contributed by atoms with Crippen LogP contribution in [0.5, 0.6) is 0 Å². The van der Waals surface area contributed by atoms with Crippen molar-refractivity contribution in [1.29, 1.82) is 0 Å². The summed E-state index contributed by atoms with van der Waals surface area (Å²) in [7, 11) is 0. The molecule has 1 aliphatic rings. The molecule has 0 spiro atoms. The lowest BCUT2D eigenvalue weighted by Gasteiger charge is -2.45. The summed E-state index contributed by atoms with van der Waals surface area (Å²) in [5.41, 5.74) is 7.89. The van der Waals surface area contributed by atoms with Gasteiger partial charge in [-0.15, -0.1) is 0 Å². The van der Waals surface area contributed by atoms with E-state index in [2.05, 4.69) is 0 Å². The second-order valence-corrected chi connectivity index (χ2v) is 4.07. The maximum Gasteiger partial charge on any atom is 0.324 e. The topological polar surface area (TPSA) is 127 Å². The SMILES string of the molecule is NCC1(C(=O)O)CCCCC1(N)C(=O)O. The van der Waals surface area contributed by atoms with E-state index in [1.807, 2.05) is 0 Å². The van der Waals surface area contributed by atoms with Crippen molar-refractivity contribution in [2.45, 2.75) is 31.2 Å². The molecule has 0 bridgehead atoms. The summed E-state index contributed by atoms with van der Waals surface area (Å²) in [6.07, 6.45) is 1.65. The monoisotopic (exact) mass is 216 g/mol. The van der Waals surface area contributed by atoms with Crippen LogP contribution in [0.25, 0.3) is 0 Å². The van der Waals surface area contributed by atoms with E-state index in [0.717, 1.165) is 0 Å². The number of carboxylic acid groups (broad SMARTS) is 2. The highest BCUT2D eigenvalue weighted by Crippen LogP contribution is 2.42. The average Bonchev–Trinajstić information content (AvgIpc) is 2.18. The third-order valence-corrected chi connectivity index (χ3v) is 3.42. The normalized spacial score (nSPS) is 36.1. The van der Waals surface area contributed by atoms with Crippen molar-refractivity contribution in [3.05, 3.63) is 0 Å². The van der Waals surface area contributed by atoms with E-state index in [4.69, 9.17) is 21.7 Å². The van der Waals surface area contributed by atoms with Crippen LogP contribution in [-0.2, 0) is 9.59 Å². The first kappa shape index (κ1) is 11.9. The van der Waals surface area contributed by atoms with Gasteiger partial charge in [-0.2, -0.15) is 0 Å². The van der Waals surface area contributed by atoms with Crippen LogP contribution >= 0.6 is 0 Å². The largest absolute Gasteiger partial charge is 0.481 e. The molecule has 0 heterocycles. The zero-order valence-electron chi connectivity index (χ0n) is 8.40.